The Labute approximate surface area is 145 Å². The monoisotopic (exact) mass is 370 g/mol. The van der Waals surface area contributed by atoms with E-state index in [1.165, 1.54) is 0 Å². The summed E-state index contributed by atoms with van der Waals surface area (Å²) in [5.74, 6) is -0.0679. The molecule has 1 amide bonds. The maximum Gasteiger partial charge on any atom is 0.243 e. The van der Waals surface area contributed by atoms with Crippen LogP contribution in [0.4, 0.5) is 5.69 Å². The van der Waals surface area contributed by atoms with E-state index < -0.39 is 4.32 Å². The maximum atomic E-state index is 12.7. The molecule has 1 unspecified atom stereocenters. The molecule has 0 saturated heterocycles. The van der Waals surface area contributed by atoms with Crippen molar-refractivity contribution >= 4 is 27.5 Å². The zero-order valence-electron chi connectivity index (χ0n) is 13.5. The van der Waals surface area contributed by atoms with Crippen molar-refractivity contribution in [3.8, 4) is 17.2 Å². The van der Waals surface area contributed by atoms with Crippen molar-refractivity contribution in [2.24, 2.45) is 0 Å². The molecule has 0 radical (unpaired) electrons. The first-order valence-electron chi connectivity index (χ1n) is 7.48. The SMILES string of the molecule is CCC(C)(Br)C(=O)N(C)c1cccc(-c2ccccc2)c1C#N. The Bertz CT molecular complexity index is 748. The van der Waals surface area contributed by atoms with E-state index in [1.54, 1.807) is 11.9 Å². The second kappa shape index (κ2) is 6.97. The van der Waals surface area contributed by atoms with Gasteiger partial charge in [0.1, 0.15) is 10.4 Å². The molecule has 2 aromatic carbocycles. The molecule has 0 aliphatic rings. The van der Waals surface area contributed by atoms with Crippen LogP contribution in [0.1, 0.15) is 25.8 Å². The largest absolute Gasteiger partial charge is 0.313 e. The molecule has 0 N–H and O–H groups in total. The highest BCUT2D eigenvalue weighted by atomic mass is 79.9. The van der Waals surface area contributed by atoms with Gasteiger partial charge in [0.25, 0.3) is 0 Å². The van der Waals surface area contributed by atoms with Gasteiger partial charge in [0.2, 0.25) is 5.91 Å². The quantitative estimate of drug-likeness (QED) is 0.728. The molecule has 1 atom stereocenters. The van der Waals surface area contributed by atoms with Crippen LogP contribution in [-0.4, -0.2) is 17.3 Å². The van der Waals surface area contributed by atoms with Gasteiger partial charge >= 0.3 is 0 Å². The lowest BCUT2D eigenvalue weighted by Gasteiger charge is -2.28. The molecular weight excluding hydrogens is 352 g/mol. The summed E-state index contributed by atoms with van der Waals surface area (Å²) in [6.07, 6.45) is 0.663. The molecule has 3 nitrogen and oxygen atoms in total. The molecule has 0 aromatic heterocycles. The third-order valence-electron chi connectivity index (χ3n) is 4.01. The predicted octanol–water partition coefficient (Wildman–Crippen LogP) is 4.75. The number of nitriles is 1. The molecule has 0 aliphatic heterocycles. The number of rotatable bonds is 4. The summed E-state index contributed by atoms with van der Waals surface area (Å²) in [5, 5.41) is 9.65. The summed E-state index contributed by atoms with van der Waals surface area (Å²) in [7, 11) is 1.71. The highest BCUT2D eigenvalue weighted by molar-refractivity contribution is 9.10. The van der Waals surface area contributed by atoms with Crippen molar-refractivity contribution in [1.82, 2.24) is 0 Å². The molecular formula is C19H19BrN2O. The molecule has 0 saturated carbocycles. The van der Waals surface area contributed by atoms with Gasteiger partial charge in [0.15, 0.2) is 0 Å². The number of alkyl halides is 1. The van der Waals surface area contributed by atoms with Crippen molar-refractivity contribution in [2.75, 3.05) is 11.9 Å². The molecule has 0 spiro atoms. The fourth-order valence-electron chi connectivity index (χ4n) is 2.41. The van der Waals surface area contributed by atoms with Gasteiger partial charge in [-0.1, -0.05) is 65.3 Å². The second-order valence-corrected chi connectivity index (χ2v) is 7.34. The minimum atomic E-state index is -0.642. The van der Waals surface area contributed by atoms with E-state index in [2.05, 4.69) is 22.0 Å². The smallest absolute Gasteiger partial charge is 0.243 e. The van der Waals surface area contributed by atoms with Gasteiger partial charge in [-0.15, -0.1) is 0 Å². The number of amides is 1. The summed E-state index contributed by atoms with van der Waals surface area (Å²) in [6, 6.07) is 17.6. The summed E-state index contributed by atoms with van der Waals surface area (Å²) >= 11 is 3.48. The normalized spacial score (nSPS) is 13.0. The number of carbonyl (C=O) groups is 1. The molecule has 118 valence electrons. The van der Waals surface area contributed by atoms with E-state index in [0.29, 0.717) is 17.7 Å². The van der Waals surface area contributed by atoms with Gasteiger partial charge in [-0.25, -0.2) is 0 Å². The lowest BCUT2D eigenvalue weighted by Crippen LogP contribution is -2.41. The van der Waals surface area contributed by atoms with Crippen molar-refractivity contribution < 1.29 is 4.79 Å². The van der Waals surface area contributed by atoms with Crippen LogP contribution >= 0.6 is 15.9 Å². The molecule has 2 aromatic rings. The average Bonchev–Trinajstić information content (AvgIpc) is 2.60. The van der Waals surface area contributed by atoms with E-state index >= 15 is 0 Å². The van der Waals surface area contributed by atoms with Gasteiger partial charge in [0, 0.05) is 12.6 Å². The van der Waals surface area contributed by atoms with Crippen molar-refractivity contribution in [1.29, 1.82) is 5.26 Å². The van der Waals surface area contributed by atoms with Crippen molar-refractivity contribution in [3.05, 3.63) is 54.1 Å². The molecule has 2 rings (SSSR count). The highest BCUT2D eigenvalue weighted by Crippen LogP contribution is 2.33. The number of nitrogens with zero attached hydrogens (tertiary/aromatic N) is 2. The number of hydrogen-bond acceptors (Lipinski definition) is 2. The number of halogens is 1. The van der Waals surface area contributed by atoms with E-state index in [1.807, 2.05) is 62.4 Å². The van der Waals surface area contributed by atoms with Gasteiger partial charge in [-0.05, 0) is 25.0 Å². The standard InChI is InChI=1S/C19H19BrN2O/c1-4-19(2,20)18(23)22(3)17-12-8-11-15(16(17)13-21)14-9-6-5-7-10-14/h5-12H,4H2,1-3H3. The molecule has 4 heteroatoms. The zero-order chi connectivity index (χ0) is 17.0. The molecule has 0 aliphatic carbocycles. The van der Waals surface area contributed by atoms with Gasteiger partial charge in [0.05, 0.1) is 11.3 Å². The van der Waals surface area contributed by atoms with Gasteiger partial charge < -0.3 is 4.90 Å². The van der Waals surface area contributed by atoms with Crippen LogP contribution in [0.2, 0.25) is 0 Å². The first-order chi connectivity index (χ1) is 10.9. The predicted molar refractivity (Wildman–Crippen MR) is 97.6 cm³/mol. The fraction of sp³-hybridized carbons (Fsp3) is 0.263. The Morgan fingerprint density at radius 1 is 1.22 bits per heavy atom. The summed E-state index contributed by atoms with van der Waals surface area (Å²) < 4.78 is -0.642. The van der Waals surface area contributed by atoms with Crippen LogP contribution in [-0.2, 0) is 4.79 Å². The lowest BCUT2D eigenvalue weighted by atomic mass is 9.98. The van der Waals surface area contributed by atoms with Crippen LogP contribution < -0.4 is 4.90 Å². The van der Waals surface area contributed by atoms with E-state index in [0.717, 1.165) is 11.1 Å². The topological polar surface area (TPSA) is 44.1 Å². The number of benzene rings is 2. The van der Waals surface area contributed by atoms with Crippen LogP contribution in [0.15, 0.2) is 48.5 Å². The zero-order valence-corrected chi connectivity index (χ0v) is 15.1. The van der Waals surface area contributed by atoms with Crippen molar-refractivity contribution in [3.63, 3.8) is 0 Å². The maximum absolute atomic E-state index is 12.7. The van der Waals surface area contributed by atoms with Crippen LogP contribution in [0.3, 0.4) is 0 Å². The Kier molecular flexibility index (Phi) is 5.23. The summed E-state index contributed by atoms with van der Waals surface area (Å²) in [5.41, 5.74) is 2.92. The number of carbonyl (C=O) groups excluding carboxylic acids is 1. The minimum absolute atomic E-state index is 0.0679. The molecule has 0 fully saturated rings. The number of anilines is 1. The Morgan fingerprint density at radius 3 is 2.43 bits per heavy atom. The third-order valence-corrected chi connectivity index (χ3v) is 4.91. The van der Waals surface area contributed by atoms with E-state index in [4.69, 9.17) is 0 Å². The average molecular weight is 371 g/mol. The van der Waals surface area contributed by atoms with E-state index in [9.17, 15) is 10.1 Å². The summed E-state index contributed by atoms with van der Waals surface area (Å²) in [6.45, 7) is 3.80. The fourth-order valence-corrected chi connectivity index (χ4v) is 2.67. The van der Waals surface area contributed by atoms with Crippen LogP contribution in [0.25, 0.3) is 11.1 Å². The molecule has 0 bridgehead atoms. The first kappa shape index (κ1) is 17.2. The van der Waals surface area contributed by atoms with Gasteiger partial charge in [-0.2, -0.15) is 5.26 Å². The van der Waals surface area contributed by atoms with Crippen LogP contribution in [0, 0.1) is 11.3 Å². The minimum Gasteiger partial charge on any atom is -0.313 e. The van der Waals surface area contributed by atoms with E-state index in [-0.39, 0.29) is 5.91 Å². The summed E-state index contributed by atoms with van der Waals surface area (Å²) in [4.78, 5) is 14.2. The van der Waals surface area contributed by atoms with Crippen LogP contribution in [0.5, 0.6) is 0 Å². The Morgan fingerprint density at radius 2 is 1.87 bits per heavy atom. The molecule has 23 heavy (non-hydrogen) atoms. The highest BCUT2D eigenvalue weighted by Gasteiger charge is 2.32. The second-order valence-electron chi connectivity index (χ2n) is 5.59. The van der Waals surface area contributed by atoms with Crippen molar-refractivity contribution in [2.45, 2.75) is 24.6 Å². The van der Waals surface area contributed by atoms with Gasteiger partial charge in [-0.3, -0.25) is 4.79 Å². The molecule has 0 heterocycles. The third kappa shape index (κ3) is 3.46. The Balaban J connectivity index is 2.53. The number of hydrogen-bond donors (Lipinski definition) is 0. The Hall–Kier alpha value is -2.12. The lowest BCUT2D eigenvalue weighted by molar-refractivity contribution is -0.120. The first-order valence-corrected chi connectivity index (χ1v) is 8.27.